The van der Waals surface area contributed by atoms with Gasteiger partial charge in [0.1, 0.15) is 5.15 Å². The van der Waals surface area contributed by atoms with E-state index in [1.807, 2.05) is 18.2 Å². The van der Waals surface area contributed by atoms with E-state index in [0.717, 1.165) is 5.56 Å². The smallest absolute Gasteiger partial charge is 0.256 e. The minimum Gasteiger partial charge on any atom is -0.493 e. The van der Waals surface area contributed by atoms with E-state index in [1.165, 1.54) is 0 Å². The second-order valence-corrected chi connectivity index (χ2v) is 6.43. The molecule has 7 heteroatoms. The van der Waals surface area contributed by atoms with Gasteiger partial charge in [-0.1, -0.05) is 17.7 Å². The van der Waals surface area contributed by atoms with Gasteiger partial charge in [0.25, 0.3) is 5.91 Å². The first-order valence-corrected chi connectivity index (χ1v) is 8.40. The van der Waals surface area contributed by atoms with E-state index in [1.54, 1.807) is 38.4 Å². The number of rotatable bonds is 6. The maximum atomic E-state index is 12.5. The molecule has 0 saturated carbocycles. The lowest BCUT2D eigenvalue weighted by molar-refractivity contribution is 0.0796. The van der Waals surface area contributed by atoms with Gasteiger partial charge >= 0.3 is 0 Å². The first kappa shape index (κ1) is 18.5. The molecule has 0 atom stereocenters. The molecule has 0 aliphatic rings. The standard InChI is InChI=1S/C17H18BrClN2O3/c1-21(17(22)13-9-12(18)10-20-16(13)19)7-6-11-4-5-14(23-2)15(8-11)24-3/h4-5,8-10H,6-7H2,1-3H3. The molecule has 0 spiro atoms. The van der Waals surface area contributed by atoms with Crippen LogP contribution in [-0.4, -0.2) is 43.6 Å². The van der Waals surface area contributed by atoms with Gasteiger partial charge in [-0.15, -0.1) is 0 Å². The summed E-state index contributed by atoms with van der Waals surface area (Å²) in [5, 5.41) is 0.196. The maximum Gasteiger partial charge on any atom is 0.256 e. The maximum absolute atomic E-state index is 12.5. The average Bonchev–Trinajstić information content (AvgIpc) is 2.60. The van der Waals surface area contributed by atoms with Crippen molar-refractivity contribution in [3.8, 4) is 11.5 Å². The Labute approximate surface area is 154 Å². The van der Waals surface area contributed by atoms with Crippen LogP contribution in [0.15, 0.2) is 34.9 Å². The molecule has 0 radical (unpaired) electrons. The lowest BCUT2D eigenvalue weighted by atomic mass is 10.1. The minimum atomic E-state index is -0.172. The highest BCUT2D eigenvalue weighted by Crippen LogP contribution is 2.27. The summed E-state index contributed by atoms with van der Waals surface area (Å²) in [5.74, 6) is 1.18. The van der Waals surface area contributed by atoms with Gasteiger partial charge in [0, 0.05) is 24.3 Å². The van der Waals surface area contributed by atoms with E-state index < -0.39 is 0 Å². The van der Waals surface area contributed by atoms with Crippen molar-refractivity contribution in [1.82, 2.24) is 9.88 Å². The first-order valence-electron chi connectivity index (χ1n) is 7.23. The van der Waals surface area contributed by atoms with Crippen LogP contribution in [0, 0.1) is 0 Å². The molecule has 0 N–H and O–H groups in total. The zero-order valence-electron chi connectivity index (χ0n) is 13.7. The molecule has 0 unspecified atom stereocenters. The fourth-order valence-electron chi connectivity index (χ4n) is 2.21. The Morgan fingerprint density at radius 1 is 1.25 bits per heavy atom. The Balaban J connectivity index is 2.06. The Morgan fingerprint density at radius 2 is 1.96 bits per heavy atom. The zero-order chi connectivity index (χ0) is 17.7. The van der Waals surface area contributed by atoms with Crippen LogP contribution < -0.4 is 9.47 Å². The molecule has 2 aromatic rings. The molecule has 0 aliphatic heterocycles. The van der Waals surface area contributed by atoms with Crippen molar-refractivity contribution in [1.29, 1.82) is 0 Å². The third-order valence-electron chi connectivity index (χ3n) is 3.57. The molecule has 1 amide bonds. The molecule has 0 bridgehead atoms. The summed E-state index contributed by atoms with van der Waals surface area (Å²) in [5.41, 5.74) is 1.42. The van der Waals surface area contributed by atoms with Crippen LogP contribution in [0.5, 0.6) is 11.5 Å². The Bertz CT molecular complexity index is 740. The van der Waals surface area contributed by atoms with Gasteiger partial charge < -0.3 is 14.4 Å². The molecule has 1 aromatic carbocycles. The van der Waals surface area contributed by atoms with Crippen molar-refractivity contribution < 1.29 is 14.3 Å². The Kier molecular flexibility index (Phi) is 6.45. The molecule has 24 heavy (non-hydrogen) atoms. The second-order valence-electron chi connectivity index (χ2n) is 5.16. The SMILES string of the molecule is COc1ccc(CCN(C)C(=O)c2cc(Br)cnc2Cl)cc1OC. The number of carbonyl (C=O) groups is 1. The number of carbonyl (C=O) groups excluding carboxylic acids is 1. The van der Waals surface area contributed by atoms with E-state index in [9.17, 15) is 4.79 Å². The van der Waals surface area contributed by atoms with Gasteiger partial charge in [-0.25, -0.2) is 4.98 Å². The quantitative estimate of drug-likeness (QED) is 0.675. The number of nitrogens with zero attached hydrogens (tertiary/aromatic N) is 2. The third kappa shape index (κ3) is 4.39. The van der Waals surface area contributed by atoms with Gasteiger partial charge in [-0.3, -0.25) is 4.79 Å². The number of methoxy groups -OCH3 is 2. The fraction of sp³-hybridized carbons (Fsp3) is 0.294. The highest BCUT2D eigenvalue weighted by molar-refractivity contribution is 9.10. The molecular weight excluding hydrogens is 396 g/mol. The number of hydrogen-bond donors (Lipinski definition) is 0. The van der Waals surface area contributed by atoms with Crippen LogP contribution in [0.2, 0.25) is 5.15 Å². The number of pyridine rings is 1. The summed E-state index contributed by atoms with van der Waals surface area (Å²) < 4.78 is 11.2. The van der Waals surface area contributed by atoms with Gasteiger partial charge in [0.05, 0.1) is 19.8 Å². The normalized spacial score (nSPS) is 10.4. The molecule has 128 valence electrons. The lowest BCUT2D eigenvalue weighted by Crippen LogP contribution is -2.29. The molecule has 1 heterocycles. The summed E-state index contributed by atoms with van der Waals surface area (Å²) in [6.45, 7) is 0.539. The van der Waals surface area contributed by atoms with Crippen molar-refractivity contribution in [2.75, 3.05) is 27.8 Å². The summed E-state index contributed by atoms with van der Waals surface area (Å²) >= 11 is 9.32. The van der Waals surface area contributed by atoms with Crippen LogP contribution in [0.1, 0.15) is 15.9 Å². The fourth-order valence-corrected chi connectivity index (χ4v) is 2.73. The van der Waals surface area contributed by atoms with Crippen molar-refractivity contribution >= 4 is 33.4 Å². The molecule has 5 nitrogen and oxygen atoms in total. The van der Waals surface area contributed by atoms with E-state index in [-0.39, 0.29) is 11.1 Å². The summed E-state index contributed by atoms with van der Waals surface area (Å²) in [4.78, 5) is 18.1. The zero-order valence-corrected chi connectivity index (χ0v) is 16.0. The van der Waals surface area contributed by atoms with E-state index in [2.05, 4.69) is 20.9 Å². The molecule has 0 aliphatic carbocycles. The summed E-state index contributed by atoms with van der Waals surface area (Å²) in [6, 6.07) is 7.38. The number of halogens is 2. The number of ether oxygens (including phenoxy) is 2. The van der Waals surface area contributed by atoms with Crippen LogP contribution >= 0.6 is 27.5 Å². The van der Waals surface area contributed by atoms with Crippen molar-refractivity contribution in [2.45, 2.75) is 6.42 Å². The average molecular weight is 414 g/mol. The van der Waals surface area contributed by atoms with Gasteiger partial charge in [-0.2, -0.15) is 0 Å². The number of benzene rings is 1. The number of hydrogen-bond acceptors (Lipinski definition) is 4. The topological polar surface area (TPSA) is 51.7 Å². The van der Waals surface area contributed by atoms with E-state index in [0.29, 0.717) is 34.5 Å². The van der Waals surface area contributed by atoms with Gasteiger partial charge in [0.2, 0.25) is 0 Å². The van der Waals surface area contributed by atoms with E-state index in [4.69, 9.17) is 21.1 Å². The second kappa shape index (κ2) is 8.35. The molecule has 0 saturated heterocycles. The molecular formula is C17H18BrClN2O3. The van der Waals surface area contributed by atoms with Crippen molar-refractivity contribution in [3.05, 3.63) is 51.2 Å². The first-order chi connectivity index (χ1) is 11.5. The van der Waals surface area contributed by atoms with Crippen LogP contribution in [0.25, 0.3) is 0 Å². The van der Waals surface area contributed by atoms with Gasteiger partial charge in [-0.05, 0) is 46.1 Å². The largest absolute Gasteiger partial charge is 0.493 e. The number of likely N-dealkylation sites (N-methyl/N-ethyl adjacent to an activating group) is 1. The van der Waals surface area contributed by atoms with E-state index >= 15 is 0 Å². The molecule has 1 aromatic heterocycles. The summed E-state index contributed by atoms with van der Waals surface area (Å²) in [7, 11) is 4.93. The summed E-state index contributed by atoms with van der Waals surface area (Å²) in [6.07, 6.45) is 2.24. The Hall–Kier alpha value is -1.79. The van der Waals surface area contributed by atoms with Crippen molar-refractivity contribution in [2.24, 2.45) is 0 Å². The van der Waals surface area contributed by atoms with Crippen molar-refractivity contribution in [3.63, 3.8) is 0 Å². The van der Waals surface area contributed by atoms with Crippen LogP contribution in [0.3, 0.4) is 0 Å². The number of aromatic nitrogens is 1. The molecule has 2 rings (SSSR count). The highest BCUT2D eigenvalue weighted by atomic mass is 79.9. The number of amides is 1. The monoisotopic (exact) mass is 412 g/mol. The Morgan fingerprint density at radius 3 is 2.62 bits per heavy atom. The third-order valence-corrected chi connectivity index (χ3v) is 4.30. The predicted molar refractivity (Wildman–Crippen MR) is 97.2 cm³/mol. The van der Waals surface area contributed by atoms with Gasteiger partial charge in [0.15, 0.2) is 11.5 Å². The predicted octanol–water partition coefficient (Wildman–Crippen LogP) is 3.83. The minimum absolute atomic E-state index is 0.172. The molecule has 0 fully saturated rings. The lowest BCUT2D eigenvalue weighted by Gasteiger charge is -2.18. The van der Waals surface area contributed by atoms with Crippen LogP contribution in [0.4, 0.5) is 0 Å². The highest BCUT2D eigenvalue weighted by Gasteiger charge is 2.16. The van der Waals surface area contributed by atoms with Crippen LogP contribution in [-0.2, 0) is 6.42 Å².